The highest BCUT2D eigenvalue weighted by Gasteiger charge is 2.11. The zero-order valence-corrected chi connectivity index (χ0v) is 15.7. The van der Waals surface area contributed by atoms with Crippen LogP contribution in [-0.4, -0.2) is 4.92 Å². The molecule has 30 heavy (non-hydrogen) atoms. The molecule has 0 amide bonds. The molecule has 2 aromatic heterocycles. The third-order valence-electron chi connectivity index (χ3n) is 4.98. The summed E-state index contributed by atoms with van der Waals surface area (Å²) in [6.45, 7) is 0. The molecule has 0 aliphatic heterocycles. The maximum Gasteiger partial charge on any atom is 0.273 e. The first-order valence-electron chi connectivity index (χ1n) is 9.32. The molecule has 2 N–H and O–H groups in total. The number of nitrogen functional groups attached to an aromatic ring is 1. The normalized spacial score (nSPS) is 11.1. The van der Waals surface area contributed by atoms with Gasteiger partial charge in [-0.05, 0) is 30.3 Å². The zero-order chi connectivity index (χ0) is 20.7. The van der Waals surface area contributed by atoms with E-state index in [0.717, 1.165) is 44.0 Å². The van der Waals surface area contributed by atoms with Gasteiger partial charge in [0.1, 0.15) is 22.3 Å². The number of rotatable bonds is 1. The third kappa shape index (κ3) is 3.00. The van der Waals surface area contributed by atoms with E-state index >= 15 is 0 Å². The molecule has 0 aliphatic carbocycles. The number of nitrogens with two attached hydrogens (primary N) is 1. The maximum absolute atomic E-state index is 10.6. The minimum Gasteiger partial charge on any atom is -0.456 e. The van der Waals surface area contributed by atoms with Crippen LogP contribution in [0.3, 0.4) is 0 Å². The molecule has 6 rings (SSSR count). The number of nitro benzene ring substituents is 1. The van der Waals surface area contributed by atoms with Crippen LogP contribution in [0.1, 0.15) is 0 Å². The number of hydrogen-bond acceptors (Lipinski definition) is 5. The Morgan fingerprint density at radius 3 is 1.73 bits per heavy atom. The quantitative estimate of drug-likeness (QED) is 0.190. The van der Waals surface area contributed by atoms with Gasteiger partial charge in [-0.3, -0.25) is 10.1 Å². The van der Waals surface area contributed by atoms with E-state index in [1.54, 1.807) is 6.07 Å². The van der Waals surface area contributed by atoms with Crippen molar-refractivity contribution in [1.29, 1.82) is 0 Å². The SMILES string of the molecule is Nc1ccc2c(c1)oc1ccccc12.O=[N+]([O-])c1ccc2c(c1)oc1ccccc12. The van der Waals surface area contributed by atoms with Crippen LogP contribution in [0.5, 0.6) is 0 Å². The Bertz CT molecular complexity index is 1550. The largest absolute Gasteiger partial charge is 0.456 e. The van der Waals surface area contributed by atoms with Gasteiger partial charge in [0.25, 0.3) is 5.69 Å². The summed E-state index contributed by atoms with van der Waals surface area (Å²) in [6.07, 6.45) is 0. The van der Waals surface area contributed by atoms with Gasteiger partial charge in [-0.25, -0.2) is 0 Å². The number of para-hydroxylation sites is 2. The number of non-ortho nitro benzene ring substituents is 1. The molecule has 0 aliphatic rings. The topological polar surface area (TPSA) is 95.4 Å². The second-order valence-corrected chi connectivity index (χ2v) is 6.89. The fourth-order valence-corrected chi connectivity index (χ4v) is 3.57. The minimum absolute atomic E-state index is 0.0477. The molecule has 0 fully saturated rings. The van der Waals surface area contributed by atoms with Crippen LogP contribution >= 0.6 is 0 Å². The van der Waals surface area contributed by atoms with Crippen molar-refractivity contribution < 1.29 is 13.8 Å². The lowest BCUT2D eigenvalue weighted by molar-refractivity contribution is -0.384. The molecule has 0 saturated carbocycles. The Kier molecular flexibility index (Phi) is 4.10. The van der Waals surface area contributed by atoms with Crippen LogP contribution < -0.4 is 5.73 Å². The Morgan fingerprint density at radius 1 is 0.633 bits per heavy atom. The number of hydrogen-bond donors (Lipinski definition) is 1. The van der Waals surface area contributed by atoms with Gasteiger partial charge in [-0.2, -0.15) is 0 Å². The van der Waals surface area contributed by atoms with Crippen molar-refractivity contribution in [3.05, 3.63) is 95.0 Å². The van der Waals surface area contributed by atoms with Gasteiger partial charge in [-0.15, -0.1) is 0 Å². The number of anilines is 1. The van der Waals surface area contributed by atoms with Crippen molar-refractivity contribution in [1.82, 2.24) is 0 Å². The van der Waals surface area contributed by atoms with Crippen LogP contribution in [0.25, 0.3) is 43.9 Å². The molecule has 0 unspecified atom stereocenters. The van der Waals surface area contributed by atoms with Crippen molar-refractivity contribution in [2.75, 3.05) is 5.73 Å². The fraction of sp³-hybridized carbons (Fsp3) is 0. The minimum atomic E-state index is -0.424. The zero-order valence-electron chi connectivity index (χ0n) is 15.7. The van der Waals surface area contributed by atoms with E-state index in [2.05, 4.69) is 6.07 Å². The van der Waals surface area contributed by atoms with Crippen LogP contribution in [-0.2, 0) is 0 Å². The summed E-state index contributed by atoms with van der Waals surface area (Å²) in [5.74, 6) is 0. The molecule has 4 aromatic carbocycles. The Balaban J connectivity index is 0.000000130. The highest BCUT2D eigenvalue weighted by Crippen LogP contribution is 2.31. The van der Waals surface area contributed by atoms with Crippen molar-refractivity contribution in [2.45, 2.75) is 0 Å². The predicted octanol–water partition coefficient (Wildman–Crippen LogP) is 6.66. The van der Waals surface area contributed by atoms with E-state index in [1.165, 1.54) is 12.1 Å². The summed E-state index contributed by atoms with van der Waals surface area (Å²) >= 11 is 0. The summed E-state index contributed by atoms with van der Waals surface area (Å²) in [6, 6.07) is 26.0. The van der Waals surface area contributed by atoms with Crippen LogP contribution in [0, 0.1) is 10.1 Å². The van der Waals surface area contributed by atoms with E-state index in [0.29, 0.717) is 5.58 Å². The number of nitrogens with zero attached hydrogens (tertiary/aromatic N) is 1. The molecule has 2 heterocycles. The lowest BCUT2D eigenvalue weighted by Gasteiger charge is -1.90. The van der Waals surface area contributed by atoms with E-state index in [-0.39, 0.29) is 5.69 Å². The lowest BCUT2D eigenvalue weighted by Crippen LogP contribution is -1.85. The maximum atomic E-state index is 10.6. The fourth-order valence-electron chi connectivity index (χ4n) is 3.57. The summed E-state index contributed by atoms with van der Waals surface area (Å²) < 4.78 is 11.2. The molecule has 0 bridgehead atoms. The first-order valence-corrected chi connectivity index (χ1v) is 9.32. The third-order valence-corrected chi connectivity index (χ3v) is 4.98. The summed E-state index contributed by atoms with van der Waals surface area (Å²) in [5.41, 5.74) is 9.53. The molecule has 6 nitrogen and oxygen atoms in total. The van der Waals surface area contributed by atoms with Gasteiger partial charge in [0.2, 0.25) is 0 Å². The van der Waals surface area contributed by atoms with Gasteiger partial charge in [0.05, 0.1) is 11.0 Å². The molecule has 0 radical (unpaired) electrons. The monoisotopic (exact) mass is 396 g/mol. The van der Waals surface area contributed by atoms with E-state index in [9.17, 15) is 10.1 Å². The average Bonchev–Trinajstić information content (AvgIpc) is 3.31. The van der Waals surface area contributed by atoms with Crippen molar-refractivity contribution in [2.24, 2.45) is 0 Å². The molecule has 146 valence electrons. The van der Waals surface area contributed by atoms with Crippen LogP contribution in [0.2, 0.25) is 0 Å². The molecule has 0 spiro atoms. The lowest BCUT2D eigenvalue weighted by atomic mass is 10.1. The molecule has 6 aromatic rings. The second kappa shape index (κ2) is 6.93. The molecule has 0 saturated heterocycles. The first-order chi connectivity index (χ1) is 14.6. The standard InChI is InChI=1S/C12H7NO3.C12H9NO/c14-13(15)8-5-6-10-9-3-1-2-4-11(9)16-12(10)7-8;13-8-5-6-10-9-3-1-2-4-11(9)14-12(10)7-8/h1-7H;1-7H,13H2. The number of benzene rings is 4. The first kappa shape index (κ1) is 17.8. The van der Waals surface area contributed by atoms with Crippen molar-refractivity contribution in [3.63, 3.8) is 0 Å². The summed E-state index contributed by atoms with van der Waals surface area (Å²) in [5, 5.41) is 14.8. The Labute approximate surface area is 170 Å². The highest BCUT2D eigenvalue weighted by molar-refractivity contribution is 6.06. The Hall–Kier alpha value is -4.32. The van der Waals surface area contributed by atoms with Gasteiger partial charge < -0.3 is 14.6 Å². The summed E-state index contributed by atoms with van der Waals surface area (Å²) in [4.78, 5) is 10.2. The van der Waals surface area contributed by atoms with Gasteiger partial charge in [0.15, 0.2) is 0 Å². The number of fused-ring (bicyclic) bond motifs is 6. The second-order valence-electron chi connectivity index (χ2n) is 6.89. The van der Waals surface area contributed by atoms with Gasteiger partial charge >= 0.3 is 0 Å². The van der Waals surface area contributed by atoms with Crippen molar-refractivity contribution >= 4 is 55.3 Å². The molecule has 6 heteroatoms. The predicted molar refractivity (Wildman–Crippen MR) is 119 cm³/mol. The van der Waals surface area contributed by atoms with Gasteiger partial charge in [-0.1, -0.05) is 36.4 Å². The highest BCUT2D eigenvalue weighted by atomic mass is 16.6. The Morgan fingerprint density at radius 2 is 1.13 bits per heavy atom. The smallest absolute Gasteiger partial charge is 0.273 e. The van der Waals surface area contributed by atoms with Crippen LogP contribution in [0.4, 0.5) is 11.4 Å². The molecular formula is C24H16N2O4. The van der Waals surface area contributed by atoms with E-state index in [4.69, 9.17) is 14.6 Å². The molecule has 0 atom stereocenters. The van der Waals surface area contributed by atoms with Gasteiger partial charge in [0, 0.05) is 39.4 Å². The average molecular weight is 396 g/mol. The summed E-state index contributed by atoms with van der Waals surface area (Å²) in [7, 11) is 0. The van der Waals surface area contributed by atoms with E-state index in [1.807, 2.05) is 60.7 Å². The van der Waals surface area contributed by atoms with Crippen LogP contribution in [0.15, 0.2) is 93.8 Å². The molecular weight excluding hydrogens is 380 g/mol. The number of nitro groups is 1. The van der Waals surface area contributed by atoms with E-state index < -0.39 is 4.92 Å². The number of furan rings is 2. The van der Waals surface area contributed by atoms with Crippen molar-refractivity contribution in [3.8, 4) is 0 Å².